The topological polar surface area (TPSA) is 55.8 Å². The highest BCUT2D eigenvalue weighted by Gasteiger charge is 2.44. The molecule has 1 saturated heterocycles. The second-order valence-corrected chi connectivity index (χ2v) is 8.25. The van der Waals surface area contributed by atoms with Crippen molar-refractivity contribution in [1.29, 1.82) is 0 Å². The number of carbonyl (C=O) groups is 2. The van der Waals surface area contributed by atoms with Crippen LogP contribution in [0, 0.1) is 13.8 Å². The van der Waals surface area contributed by atoms with Crippen molar-refractivity contribution in [1.82, 2.24) is 4.90 Å². The highest BCUT2D eigenvalue weighted by Crippen LogP contribution is 2.43. The molecule has 2 aromatic rings. The van der Waals surface area contributed by atoms with Crippen molar-refractivity contribution >= 4 is 23.3 Å². The normalized spacial score (nSPS) is 17.6. The molecule has 4 rings (SSSR count). The number of halogens is 1. The lowest BCUT2D eigenvalue weighted by Gasteiger charge is -2.44. The highest BCUT2D eigenvalue weighted by molar-refractivity contribution is 6.32. The minimum absolute atomic E-state index is 0.0104. The zero-order chi connectivity index (χ0) is 20.6. The van der Waals surface area contributed by atoms with Gasteiger partial charge in [0.1, 0.15) is 17.1 Å². The minimum atomic E-state index is -0.548. The van der Waals surface area contributed by atoms with Crippen LogP contribution in [-0.4, -0.2) is 41.9 Å². The molecule has 1 fully saturated rings. The van der Waals surface area contributed by atoms with E-state index in [1.165, 1.54) is 0 Å². The maximum Gasteiger partial charge on any atom is 0.260 e. The Balaban J connectivity index is 1.41. The molecule has 0 unspecified atom stereocenters. The number of nitrogens with zero attached hydrogens (tertiary/aromatic N) is 1. The average Bonchev–Trinajstić information content (AvgIpc) is 2.71. The number of carbonyl (C=O) groups excluding carboxylic acids is 2. The Morgan fingerprint density at radius 3 is 2.59 bits per heavy atom. The van der Waals surface area contributed by atoms with Crippen molar-refractivity contribution in [3.05, 3.63) is 58.1 Å². The summed E-state index contributed by atoms with van der Waals surface area (Å²) in [5, 5.41) is 0.621. The first-order chi connectivity index (χ1) is 13.9. The van der Waals surface area contributed by atoms with E-state index in [9.17, 15) is 9.59 Å². The second kappa shape index (κ2) is 7.71. The van der Waals surface area contributed by atoms with Crippen LogP contribution >= 0.6 is 11.6 Å². The number of piperidine rings is 1. The molecule has 0 N–H and O–H groups in total. The van der Waals surface area contributed by atoms with Crippen LogP contribution < -0.4 is 9.47 Å². The Labute approximate surface area is 175 Å². The van der Waals surface area contributed by atoms with Gasteiger partial charge in [0.2, 0.25) is 0 Å². The minimum Gasteiger partial charge on any atom is -0.486 e. The molecular weight excluding hydrogens is 390 g/mol. The molecule has 0 saturated carbocycles. The molecule has 29 heavy (non-hydrogen) atoms. The summed E-state index contributed by atoms with van der Waals surface area (Å²) in [6.45, 7) is 4.88. The SMILES string of the molecule is Cc1cc2c(c(C)c1Cl)C(=O)CC1(CCN(C(=O)COc3ccccc3)CC1)O2. The largest absolute Gasteiger partial charge is 0.486 e. The van der Waals surface area contributed by atoms with Crippen LogP contribution in [0.3, 0.4) is 0 Å². The van der Waals surface area contributed by atoms with E-state index in [-0.39, 0.29) is 18.3 Å². The first kappa shape index (κ1) is 19.8. The predicted octanol–water partition coefficient (Wildman–Crippen LogP) is 4.36. The van der Waals surface area contributed by atoms with E-state index in [1.54, 1.807) is 4.90 Å². The quantitative estimate of drug-likeness (QED) is 0.750. The van der Waals surface area contributed by atoms with Crippen molar-refractivity contribution in [3.63, 3.8) is 0 Å². The number of benzene rings is 2. The van der Waals surface area contributed by atoms with E-state index >= 15 is 0 Å². The zero-order valence-corrected chi connectivity index (χ0v) is 17.4. The molecular formula is C23H24ClNO4. The number of likely N-dealkylation sites (tertiary alicyclic amines) is 1. The Hall–Kier alpha value is -2.53. The lowest BCUT2D eigenvalue weighted by Crippen LogP contribution is -2.53. The van der Waals surface area contributed by atoms with E-state index in [4.69, 9.17) is 21.1 Å². The second-order valence-electron chi connectivity index (χ2n) is 7.87. The summed E-state index contributed by atoms with van der Waals surface area (Å²) >= 11 is 6.32. The van der Waals surface area contributed by atoms with Gasteiger partial charge in [-0.15, -0.1) is 0 Å². The van der Waals surface area contributed by atoms with Gasteiger partial charge in [0.05, 0.1) is 12.0 Å². The summed E-state index contributed by atoms with van der Waals surface area (Å²) in [6, 6.07) is 11.2. The van der Waals surface area contributed by atoms with Gasteiger partial charge < -0.3 is 14.4 Å². The molecule has 1 spiro atoms. The first-order valence-electron chi connectivity index (χ1n) is 9.86. The summed E-state index contributed by atoms with van der Waals surface area (Å²) < 4.78 is 11.9. The summed E-state index contributed by atoms with van der Waals surface area (Å²) in [6.07, 6.45) is 1.56. The molecule has 1 amide bonds. The molecule has 0 aromatic heterocycles. The molecule has 0 atom stereocenters. The zero-order valence-electron chi connectivity index (χ0n) is 16.7. The maximum atomic E-state index is 12.9. The fraction of sp³-hybridized carbons (Fsp3) is 0.391. The van der Waals surface area contributed by atoms with Crippen LogP contribution in [-0.2, 0) is 4.79 Å². The number of ether oxygens (including phenoxy) is 2. The van der Waals surface area contributed by atoms with Crippen molar-refractivity contribution < 1.29 is 19.1 Å². The Bertz CT molecular complexity index is 949. The third-order valence-corrected chi connectivity index (χ3v) is 6.45. The van der Waals surface area contributed by atoms with Gasteiger partial charge in [-0.3, -0.25) is 9.59 Å². The Morgan fingerprint density at radius 2 is 1.90 bits per heavy atom. The van der Waals surface area contributed by atoms with E-state index < -0.39 is 5.60 Å². The molecule has 6 heteroatoms. The molecule has 0 radical (unpaired) electrons. The fourth-order valence-corrected chi connectivity index (χ4v) is 4.34. The number of fused-ring (bicyclic) bond motifs is 1. The van der Waals surface area contributed by atoms with Crippen LogP contribution in [0.15, 0.2) is 36.4 Å². The smallest absolute Gasteiger partial charge is 0.260 e. The number of para-hydroxylation sites is 1. The van der Waals surface area contributed by atoms with Gasteiger partial charge in [-0.05, 0) is 43.2 Å². The predicted molar refractivity (Wildman–Crippen MR) is 111 cm³/mol. The lowest BCUT2D eigenvalue weighted by molar-refractivity contribution is -0.136. The van der Waals surface area contributed by atoms with Crippen LogP contribution in [0.5, 0.6) is 11.5 Å². The highest BCUT2D eigenvalue weighted by atomic mass is 35.5. The molecule has 0 bridgehead atoms. The molecule has 152 valence electrons. The summed E-state index contributed by atoms with van der Waals surface area (Å²) in [4.78, 5) is 27.2. The number of hydrogen-bond acceptors (Lipinski definition) is 4. The Morgan fingerprint density at radius 1 is 1.21 bits per heavy atom. The number of ketones is 1. The third kappa shape index (κ3) is 3.84. The molecule has 2 heterocycles. The summed E-state index contributed by atoms with van der Waals surface area (Å²) in [5.74, 6) is 1.31. The van der Waals surface area contributed by atoms with E-state index in [2.05, 4.69) is 0 Å². The monoisotopic (exact) mass is 413 g/mol. The van der Waals surface area contributed by atoms with Gasteiger partial charge in [-0.25, -0.2) is 0 Å². The van der Waals surface area contributed by atoms with Gasteiger partial charge >= 0.3 is 0 Å². The van der Waals surface area contributed by atoms with Crippen molar-refractivity contribution in [2.45, 2.75) is 38.7 Å². The van der Waals surface area contributed by atoms with Gasteiger partial charge in [0, 0.05) is 31.0 Å². The molecule has 2 aliphatic rings. The van der Waals surface area contributed by atoms with Crippen LogP contribution in [0.4, 0.5) is 0 Å². The summed E-state index contributed by atoms with van der Waals surface area (Å²) in [5.41, 5.74) is 1.74. The van der Waals surface area contributed by atoms with E-state index in [1.807, 2.05) is 50.2 Å². The van der Waals surface area contributed by atoms with Crippen molar-refractivity contribution in [3.8, 4) is 11.5 Å². The lowest BCUT2D eigenvalue weighted by atomic mass is 9.81. The maximum absolute atomic E-state index is 12.9. The fourth-order valence-electron chi connectivity index (χ4n) is 4.20. The number of Topliss-reactive ketones (excluding diaryl/α,β-unsaturated/α-hetero) is 1. The molecule has 0 aliphatic carbocycles. The van der Waals surface area contributed by atoms with Crippen molar-refractivity contribution in [2.75, 3.05) is 19.7 Å². The van der Waals surface area contributed by atoms with E-state index in [0.29, 0.717) is 54.4 Å². The third-order valence-electron chi connectivity index (χ3n) is 5.87. The molecule has 5 nitrogen and oxygen atoms in total. The number of aryl methyl sites for hydroxylation is 1. The summed E-state index contributed by atoms with van der Waals surface area (Å²) in [7, 11) is 0. The van der Waals surface area contributed by atoms with Crippen LogP contribution in [0.25, 0.3) is 0 Å². The standard InChI is InChI=1S/C23H24ClNO4/c1-15-12-19-21(16(2)22(15)24)18(26)13-23(29-19)8-10-25(11-9-23)20(27)14-28-17-6-4-3-5-7-17/h3-7,12H,8-11,13-14H2,1-2H3. The average molecular weight is 414 g/mol. The number of amides is 1. The molecule has 2 aromatic carbocycles. The van der Waals surface area contributed by atoms with E-state index in [0.717, 1.165) is 11.1 Å². The van der Waals surface area contributed by atoms with Gasteiger partial charge in [-0.1, -0.05) is 29.8 Å². The first-order valence-corrected chi connectivity index (χ1v) is 10.2. The number of hydrogen-bond donors (Lipinski definition) is 0. The van der Waals surface area contributed by atoms with Gasteiger partial charge in [0.15, 0.2) is 12.4 Å². The van der Waals surface area contributed by atoms with Crippen molar-refractivity contribution in [2.24, 2.45) is 0 Å². The van der Waals surface area contributed by atoms with Crippen LogP contribution in [0.1, 0.15) is 40.7 Å². The number of rotatable bonds is 3. The van der Waals surface area contributed by atoms with Crippen LogP contribution in [0.2, 0.25) is 5.02 Å². The van der Waals surface area contributed by atoms with Gasteiger partial charge in [-0.2, -0.15) is 0 Å². The van der Waals surface area contributed by atoms with Gasteiger partial charge in [0.25, 0.3) is 5.91 Å². The Kier molecular flexibility index (Phi) is 5.26. The molecule has 2 aliphatic heterocycles.